The highest BCUT2D eigenvalue weighted by atomic mass is 32.2. The summed E-state index contributed by atoms with van der Waals surface area (Å²) in [7, 11) is 3.33. The molecule has 0 bridgehead atoms. The van der Waals surface area contributed by atoms with Crippen LogP contribution in [0.25, 0.3) is 11.2 Å². The summed E-state index contributed by atoms with van der Waals surface area (Å²) in [5.74, 6) is 0.246. The van der Waals surface area contributed by atoms with E-state index in [0.29, 0.717) is 22.9 Å². The fourth-order valence-electron chi connectivity index (χ4n) is 3.20. The molecule has 8 nitrogen and oxygen atoms in total. The zero-order valence-electron chi connectivity index (χ0n) is 16.4. The van der Waals surface area contributed by atoms with E-state index in [1.165, 1.54) is 20.9 Å². The minimum atomic E-state index is -0.387. The molecule has 0 saturated heterocycles. The van der Waals surface area contributed by atoms with Crippen molar-refractivity contribution in [1.82, 2.24) is 23.6 Å². The Morgan fingerprint density at radius 1 is 1.12 bits per heavy atom. The van der Waals surface area contributed by atoms with Crippen LogP contribution in [0.2, 0.25) is 0 Å². The Morgan fingerprint density at radius 3 is 2.19 bits per heavy atom. The molecule has 0 radical (unpaired) electrons. The lowest BCUT2D eigenvalue weighted by atomic mass is 10.2. The number of carbonyl (C=O) groups excluding carboxylic acids is 1. The van der Waals surface area contributed by atoms with Crippen LogP contribution in [0.15, 0.2) is 14.7 Å². The minimum Gasteiger partial charge on any atom is -0.337 e. The molecule has 0 unspecified atom stereocenters. The molecule has 144 valence electrons. The highest BCUT2D eigenvalue weighted by molar-refractivity contribution is 7.99. The number of imidazole rings is 1. The van der Waals surface area contributed by atoms with Crippen LogP contribution in [0.4, 0.5) is 0 Å². The van der Waals surface area contributed by atoms with E-state index in [-0.39, 0.29) is 35.0 Å². The number of carbonyl (C=O) groups is 1. The van der Waals surface area contributed by atoms with Gasteiger partial charge in [-0.3, -0.25) is 18.7 Å². The summed E-state index contributed by atoms with van der Waals surface area (Å²) in [6.07, 6.45) is 0. The van der Waals surface area contributed by atoms with Gasteiger partial charge in [0, 0.05) is 32.7 Å². The molecule has 26 heavy (non-hydrogen) atoms. The van der Waals surface area contributed by atoms with Gasteiger partial charge in [-0.25, -0.2) is 9.78 Å². The Kier molecular flexibility index (Phi) is 6.00. The lowest BCUT2D eigenvalue weighted by Gasteiger charge is -2.30. The van der Waals surface area contributed by atoms with Crippen molar-refractivity contribution in [3.8, 4) is 0 Å². The third-order valence-corrected chi connectivity index (χ3v) is 5.38. The predicted molar refractivity (Wildman–Crippen MR) is 104 cm³/mol. The van der Waals surface area contributed by atoms with Gasteiger partial charge in [0.1, 0.15) is 0 Å². The molecule has 2 rings (SSSR count). The van der Waals surface area contributed by atoms with Crippen molar-refractivity contribution in [2.45, 2.75) is 58.4 Å². The van der Waals surface area contributed by atoms with Gasteiger partial charge in [-0.15, -0.1) is 0 Å². The molecule has 2 aromatic heterocycles. The smallest absolute Gasteiger partial charge is 0.332 e. The molecule has 0 spiro atoms. The van der Waals surface area contributed by atoms with E-state index in [9.17, 15) is 14.4 Å². The predicted octanol–water partition coefficient (Wildman–Crippen LogP) is 1.19. The van der Waals surface area contributed by atoms with Gasteiger partial charge in [0.2, 0.25) is 5.91 Å². The Bertz CT molecular complexity index is 930. The van der Waals surface area contributed by atoms with Gasteiger partial charge >= 0.3 is 5.69 Å². The van der Waals surface area contributed by atoms with E-state index in [2.05, 4.69) is 4.98 Å². The molecule has 0 saturated carbocycles. The summed E-state index contributed by atoms with van der Waals surface area (Å²) < 4.78 is 4.22. The van der Waals surface area contributed by atoms with Gasteiger partial charge < -0.3 is 9.47 Å². The standard InChI is InChI=1S/C17H27N5O3S/c1-8-21-15(24)13-14(20(7)17(21)25)18-16(19(13)6)26-9-12(23)22(10(2)3)11(4)5/h10-11H,8-9H2,1-7H3. The van der Waals surface area contributed by atoms with Gasteiger partial charge in [0.25, 0.3) is 5.56 Å². The summed E-state index contributed by atoms with van der Waals surface area (Å²) in [5, 5.41) is 0.543. The number of thioether (sulfide) groups is 1. The Balaban J connectivity index is 2.41. The number of amides is 1. The van der Waals surface area contributed by atoms with Crippen LogP contribution in [0, 0.1) is 0 Å². The first-order valence-electron chi connectivity index (χ1n) is 8.71. The summed E-state index contributed by atoms with van der Waals surface area (Å²) in [5.41, 5.74) is -0.0357. The number of hydrogen-bond donors (Lipinski definition) is 0. The van der Waals surface area contributed by atoms with E-state index >= 15 is 0 Å². The topological polar surface area (TPSA) is 82.1 Å². The minimum absolute atomic E-state index is 0.0203. The van der Waals surface area contributed by atoms with Gasteiger partial charge in [-0.2, -0.15) is 0 Å². The molecule has 2 aromatic rings. The fourth-order valence-corrected chi connectivity index (χ4v) is 4.04. The van der Waals surface area contributed by atoms with Gasteiger partial charge in [-0.1, -0.05) is 11.8 Å². The van der Waals surface area contributed by atoms with Crippen molar-refractivity contribution < 1.29 is 4.79 Å². The number of rotatable bonds is 6. The molecular formula is C17H27N5O3S. The first-order valence-corrected chi connectivity index (χ1v) is 9.70. The number of aryl methyl sites for hydroxylation is 2. The summed E-state index contributed by atoms with van der Waals surface area (Å²) in [6.45, 7) is 10.00. The molecule has 2 heterocycles. The largest absolute Gasteiger partial charge is 0.337 e. The Hall–Kier alpha value is -2.03. The maximum absolute atomic E-state index is 12.6. The second kappa shape index (κ2) is 7.69. The maximum Gasteiger partial charge on any atom is 0.332 e. The van der Waals surface area contributed by atoms with Crippen molar-refractivity contribution in [2.75, 3.05) is 5.75 Å². The van der Waals surface area contributed by atoms with E-state index in [0.717, 1.165) is 0 Å². The van der Waals surface area contributed by atoms with E-state index < -0.39 is 0 Å². The molecule has 0 atom stereocenters. The lowest BCUT2D eigenvalue weighted by Crippen LogP contribution is -2.43. The average molecular weight is 382 g/mol. The van der Waals surface area contributed by atoms with Crippen LogP contribution < -0.4 is 11.2 Å². The molecule has 0 aromatic carbocycles. The fraction of sp³-hybridized carbons (Fsp3) is 0.647. The molecule has 0 aliphatic heterocycles. The van der Waals surface area contributed by atoms with Crippen LogP contribution in [0.5, 0.6) is 0 Å². The Morgan fingerprint density at radius 2 is 1.69 bits per heavy atom. The molecule has 0 N–H and O–H groups in total. The van der Waals surface area contributed by atoms with E-state index in [1.54, 1.807) is 25.6 Å². The van der Waals surface area contributed by atoms with Gasteiger partial charge in [0.05, 0.1) is 5.75 Å². The third kappa shape index (κ3) is 3.44. The molecule has 1 amide bonds. The zero-order valence-corrected chi connectivity index (χ0v) is 17.3. The monoisotopic (exact) mass is 381 g/mol. The second-order valence-corrected chi connectivity index (χ2v) is 7.74. The van der Waals surface area contributed by atoms with Crippen LogP contribution >= 0.6 is 11.8 Å². The van der Waals surface area contributed by atoms with E-state index in [1.807, 2.05) is 32.6 Å². The highest BCUT2D eigenvalue weighted by Crippen LogP contribution is 2.21. The van der Waals surface area contributed by atoms with Crippen molar-refractivity contribution >= 4 is 28.8 Å². The average Bonchev–Trinajstić information content (AvgIpc) is 2.88. The molecule has 0 aliphatic carbocycles. The maximum atomic E-state index is 12.6. The number of aromatic nitrogens is 4. The first-order chi connectivity index (χ1) is 12.1. The van der Waals surface area contributed by atoms with Crippen LogP contribution in [-0.4, -0.2) is 47.3 Å². The molecule has 9 heteroatoms. The third-order valence-electron chi connectivity index (χ3n) is 4.36. The Labute approximate surface area is 156 Å². The normalized spacial score (nSPS) is 11.7. The zero-order chi connectivity index (χ0) is 19.8. The van der Waals surface area contributed by atoms with Gasteiger partial charge in [-0.05, 0) is 34.6 Å². The molecular weight excluding hydrogens is 354 g/mol. The second-order valence-electron chi connectivity index (χ2n) is 6.79. The molecule has 0 aliphatic rings. The highest BCUT2D eigenvalue weighted by Gasteiger charge is 2.22. The summed E-state index contributed by atoms with van der Waals surface area (Å²) in [4.78, 5) is 43.7. The number of fused-ring (bicyclic) bond motifs is 1. The van der Waals surface area contributed by atoms with Gasteiger partial charge in [0.15, 0.2) is 16.3 Å². The first kappa shape index (κ1) is 20.3. The summed E-state index contributed by atoms with van der Waals surface area (Å²) in [6, 6.07) is 0.224. The van der Waals surface area contributed by atoms with Crippen molar-refractivity contribution in [2.24, 2.45) is 14.1 Å². The molecule has 0 fully saturated rings. The summed E-state index contributed by atoms with van der Waals surface area (Å²) >= 11 is 1.28. The van der Waals surface area contributed by atoms with Crippen molar-refractivity contribution in [3.63, 3.8) is 0 Å². The van der Waals surface area contributed by atoms with Crippen molar-refractivity contribution in [1.29, 1.82) is 0 Å². The quantitative estimate of drug-likeness (QED) is 0.702. The van der Waals surface area contributed by atoms with Crippen molar-refractivity contribution in [3.05, 3.63) is 20.8 Å². The number of nitrogens with zero attached hydrogens (tertiary/aromatic N) is 5. The van der Waals surface area contributed by atoms with Crippen LogP contribution in [0.1, 0.15) is 34.6 Å². The van der Waals surface area contributed by atoms with Crippen LogP contribution in [0.3, 0.4) is 0 Å². The number of hydrogen-bond acceptors (Lipinski definition) is 5. The van der Waals surface area contributed by atoms with E-state index in [4.69, 9.17) is 0 Å². The lowest BCUT2D eigenvalue weighted by molar-refractivity contribution is -0.131. The SMILES string of the molecule is CCn1c(=O)c2c(nc(SCC(=O)N(C(C)C)C(C)C)n2C)n(C)c1=O. The van der Waals surface area contributed by atoms with Crippen LogP contribution in [-0.2, 0) is 25.4 Å².